The van der Waals surface area contributed by atoms with Gasteiger partial charge in [-0.25, -0.2) is 0 Å². The SMILES string of the molecule is O=C(Cc1cccc(O)c1)N1CC[C@@H](O)[C@](CCCc2ccccc2)(C(=O)O)C1. The maximum atomic E-state index is 12.8. The van der Waals surface area contributed by atoms with Crippen LogP contribution >= 0.6 is 0 Å². The van der Waals surface area contributed by atoms with Gasteiger partial charge in [0.2, 0.25) is 5.91 Å². The van der Waals surface area contributed by atoms with Gasteiger partial charge in [-0.2, -0.15) is 0 Å². The number of carbonyl (C=O) groups is 2. The van der Waals surface area contributed by atoms with Crippen molar-refractivity contribution in [2.24, 2.45) is 5.41 Å². The number of aliphatic hydroxyl groups excluding tert-OH is 1. The van der Waals surface area contributed by atoms with Crippen LogP contribution in [0.4, 0.5) is 0 Å². The lowest BCUT2D eigenvalue weighted by Gasteiger charge is -2.43. The molecule has 6 nitrogen and oxygen atoms in total. The first-order chi connectivity index (χ1) is 13.9. The first kappa shape index (κ1) is 20.9. The number of nitrogens with zero attached hydrogens (tertiary/aromatic N) is 1. The third kappa shape index (κ3) is 4.95. The molecule has 0 spiro atoms. The van der Waals surface area contributed by atoms with Gasteiger partial charge in [0.1, 0.15) is 11.2 Å². The van der Waals surface area contributed by atoms with Gasteiger partial charge in [0.25, 0.3) is 0 Å². The normalized spacial score (nSPS) is 21.7. The van der Waals surface area contributed by atoms with Gasteiger partial charge in [0.15, 0.2) is 0 Å². The van der Waals surface area contributed by atoms with E-state index in [-0.39, 0.29) is 31.0 Å². The Bertz CT molecular complexity index is 853. The van der Waals surface area contributed by atoms with E-state index in [1.165, 1.54) is 17.0 Å². The van der Waals surface area contributed by atoms with Crippen LogP contribution in [0.2, 0.25) is 0 Å². The van der Waals surface area contributed by atoms with E-state index in [1.54, 1.807) is 12.1 Å². The Hall–Kier alpha value is -2.86. The van der Waals surface area contributed by atoms with E-state index in [2.05, 4.69) is 0 Å². The molecule has 6 heteroatoms. The summed E-state index contributed by atoms with van der Waals surface area (Å²) in [4.78, 5) is 26.5. The summed E-state index contributed by atoms with van der Waals surface area (Å²) in [5.41, 5.74) is 0.433. The summed E-state index contributed by atoms with van der Waals surface area (Å²) in [6.45, 7) is 0.322. The molecule has 3 rings (SSSR count). The monoisotopic (exact) mass is 397 g/mol. The Balaban J connectivity index is 1.68. The number of piperidine rings is 1. The zero-order valence-electron chi connectivity index (χ0n) is 16.3. The van der Waals surface area contributed by atoms with Gasteiger partial charge in [-0.15, -0.1) is 0 Å². The van der Waals surface area contributed by atoms with Crippen LogP contribution in [-0.4, -0.2) is 51.3 Å². The zero-order chi connectivity index (χ0) is 20.9. The number of aromatic hydroxyl groups is 1. The average molecular weight is 397 g/mol. The number of aliphatic carboxylic acids is 1. The summed E-state index contributed by atoms with van der Waals surface area (Å²) >= 11 is 0. The maximum absolute atomic E-state index is 12.8. The molecule has 1 fully saturated rings. The van der Waals surface area contributed by atoms with Crippen molar-refractivity contribution >= 4 is 11.9 Å². The van der Waals surface area contributed by atoms with Crippen LogP contribution in [-0.2, 0) is 22.4 Å². The number of benzene rings is 2. The fourth-order valence-corrected chi connectivity index (χ4v) is 4.06. The molecular formula is C23H27NO5. The summed E-state index contributed by atoms with van der Waals surface area (Å²) in [6.07, 6.45) is 0.976. The first-order valence-corrected chi connectivity index (χ1v) is 9.92. The van der Waals surface area contributed by atoms with Crippen LogP contribution in [0, 0.1) is 5.41 Å². The van der Waals surface area contributed by atoms with Gasteiger partial charge in [-0.05, 0) is 48.9 Å². The van der Waals surface area contributed by atoms with E-state index < -0.39 is 17.5 Å². The number of amides is 1. The minimum absolute atomic E-state index is 0.00403. The van der Waals surface area contributed by atoms with E-state index >= 15 is 0 Å². The van der Waals surface area contributed by atoms with Crippen LogP contribution in [0.15, 0.2) is 54.6 Å². The zero-order valence-corrected chi connectivity index (χ0v) is 16.3. The van der Waals surface area contributed by atoms with Crippen molar-refractivity contribution in [2.45, 2.75) is 38.2 Å². The number of hydrogen-bond donors (Lipinski definition) is 3. The standard InChI is InChI=1S/C23H27NO5/c25-19-10-4-8-18(14-19)15-21(27)24-13-11-20(26)23(16-24,22(28)29)12-5-9-17-6-2-1-3-7-17/h1-4,6-8,10,14,20,25-26H,5,9,11-13,15-16H2,(H,28,29)/t20-,23-/m1/s1. The average Bonchev–Trinajstić information content (AvgIpc) is 2.70. The Morgan fingerprint density at radius 1 is 1.07 bits per heavy atom. The molecule has 0 saturated carbocycles. The number of carboxylic acid groups (broad SMARTS) is 1. The lowest BCUT2D eigenvalue weighted by atomic mass is 9.73. The molecule has 29 heavy (non-hydrogen) atoms. The van der Waals surface area contributed by atoms with Crippen molar-refractivity contribution in [2.75, 3.05) is 13.1 Å². The van der Waals surface area contributed by atoms with Gasteiger partial charge >= 0.3 is 5.97 Å². The largest absolute Gasteiger partial charge is 0.508 e. The highest BCUT2D eigenvalue weighted by Gasteiger charge is 2.49. The predicted molar refractivity (Wildman–Crippen MR) is 108 cm³/mol. The second kappa shape index (κ2) is 9.09. The van der Waals surface area contributed by atoms with E-state index in [4.69, 9.17) is 0 Å². The van der Waals surface area contributed by atoms with E-state index in [9.17, 15) is 24.9 Å². The molecule has 1 saturated heterocycles. The maximum Gasteiger partial charge on any atom is 0.314 e. The lowest BCUT2D eigenvalue weighted by molar-refractivity contribution is -0.166. The van der Waals surface area contributed by atoms with Crippen molar-refractivity contribution in [1.82, 2.24) is 4.90 Å². The Labute approximate surface area is 170 Å². The number of aliphatic hydroxyl groups is 1. The number of aryl methyl sites for hydroxylation is 1. The highest BCUT2D eigenvalue weighted by molar-refractivity contribution is 5.81. The van der Waals surface area contributed by atoms with E-state index in [1.807, 2.05) is 30.3 Å². The third-order valence-electron chi connectivity index (χ3n) is 5.76. The Kier molecular flexibility index (Phi) is 6.54. The molecule has 0 aromatic heterocycles. The number of phenolic OH excluding ortho intramolecular Hbond substituents is 1. The summed E-state index contributed by atoms with van der Waals surface area (Å²) in [7, 11) is 0. The molecule has 1 heterocycles. The fourth-order valence-electron chi connectivity index (χ4n) is 4.06. The van der Waals surface area contributed by atoms with Gasteiger partial charge in [0, 0.05) is 13.1 Å². The number of hydrogen-bond acceptors (Lipinski definition) is 4. The number of likely N-dealkylation sites (tertiary alicyclic amines) is 1. The van der Waals surface area contributed by atoms with Gasteiger partial charge in [-0.3, -0.25) is 9.59 Å². The first-order valence-electron chi connectivity index (χ1n) is 9.92. The van der Waals surface area contributed by atoms with Crippen LogP contribution in [0.1, 0.15) is 30.4 Å². The number of rotatable bonds is 7. The lowest BCUT2D eigenvalue weighted by Crippen LogP contribution is -2.57. The number of phenols is 1. The number of carboxylic acids is 1. The Morgan fingerprint density at radius 3 is 2.48 bits per heavy atom. The predicted octanol–water partition coefficient (Wildman–Crippen LogP) is 2.62. The third-order valence-corrected chi connectivity index (χ3v) is 5.76. The van der Waals surface area contributed by atoms with Crippen LogP contribution in [0.25, 0.3) is 0 Å². The quantitative estimate of drug-likeness (QED) is 0.667. The fraction of sp³-hybridized carbons (Fsp3) is 0.391. The van der Waals surface area contributed by atoms with Crippen LogP contribution < -0.4 is 0 Å². The summed E-state index contributed by atoms with van der Waals surface area (Å²) < 4.78 is 0. The number of carbonyl (C=O) groups excluding carboxylic acids is 1. The molecule has 2 aromatic carbocycles. The second-order valence-corrected chi connectivity index (χ2v) is 7.77. The molecule has 0 bridgehead atoms. The van der Waals surface area contributed by atoms with Gasteiger partial charge in [-0.1, -0.05) is 42.5 Å². The van der Waals surface area contributed by atoms with Crippen molar-refractivity contribution < 1.29 is 24.9 Å². The molecule has 2 atom stereocenters. The highest BCUT2D eigenvalue weighted by Crippen LogP contribution is 2.36. The molecule has 0 aliphatic carbocycles. The van der Waals surface area contributed by atoms with Gasteiger partial charge < -0.3 is 20.2 Å². The Morgan fingerprint density at radius 2 is 1.79 bits per heavy atom. The van der Waals surface area contributed by atoms with Crippen molar-refractivity contribution in [3.8, 4) is 5.75 Å². The van der Waals surface area contributed by atoms with Crippen molar-refractivity contribution in [3.63, 3.8) is 0 Å². The minimum atomic E-state index is -1.36. The molecular weight excluding hydrogens is 370 g/mol. The van der Waals surface area contributed by atoms with Crippen LogP contribution in [0.5, 0.6) is 5.75 Å². The second-order valence-electron chi connectivity index (χ2n) is 7.77. The smallest absolute Gasteiger partial charge is 0.314 e. The molecule has 1 aliphatic rings. The van der Waals surface area contributed by atoms with E-state index in [0.717, 1.165) is 12.0 Å². The molecule has 1 amide bonds. The highest BCUT2D eigenvalue weighted by atomic mass is 16.4. The van der Waals surface area contributed by atoms with Gasteiger partial charge in [0.05, 0.1) is 12.5 Å². The minimum Gasteiger partial charge on any atom is -0.508 e. The van der Waals surface area contributed by atoms with Crippen LogP contribution in [0.3, 0.4) is 0 Å². The molecule has 0 unspecified atom stereocenters. The molecule has 2 aromatic rings. The molecule has 154 valence electrons. The topological polar surface area (TPSA) is 98.1 Å². The summed E-state index contributed by atoms with van der Waals surface area (Å²) in [5.74, 6) is -1.17. The molecule has 0 radical (unpaired) electrons. The summed E-state index contributed by atoms with van der Waals surface area (Å²) in [6, 6.07) is 16.3. The van der Waals surface area contributed by atoms with Crippen molar-refractivity contribution in [1.29, 1.82) is 0 Å². The van der Waals surface area contributed by atoms with E-state index in [0.29, 0.717) is 24.9 Å². The molecule has 3 N–H and O–H groups in total. The van der Waals surface area contributed by atoms with Crippen molar-refractivity contribution in [3.05, 3.63) is 65.7 Å². The molecule has 1 aliphatic heterocycles. The summed E-state index contributed by atoms with van der Waals surface area (Å²) in [5, 5.41) is 30.1.